The number of nitrogens with zero attached hydrogens (tertiary/aromatic N) is 1. The van der Waals surface area contributed by atoms with Gasteiger partial charge in [0.1, 0.15) is 0 Å². The Morgan fingerprint density at radius 3 is 2.73 bits per heavy atom. The highest BCUT2D eigenvalue weighted by Gasteiger charge is 2.24. The van der Waals surface area contributed by atoms with Crippen molar-refractivity contribution in [3.63, 3.8) is 0 Å². The highest BCUT2D eigenvalue weighted by atomic mass is 16.5. The van der Waals surface area contributed by atoms with Gasteiger partial charge in [0.25, 0.3) is 0 Å². The molecular weight excluding hydrogens is 192 g/mol. The van der Waals surface area contributed by atoms with Crippen LogP contribution in [0.15, 0.2) is 0 Å². The molecule has 0 radical (unpaired) electrons. The monoisotopic (exact) mass is 216 g/mol. The molecule has 0 amide bonds. The molecule has 0 spiro atoms. The molecule has 1 aliphatic heterocycles. The van der Waals surface area contributed by atoms with Gasteiger partial charge in [-0.15, -0.1) is 0 Å². The lowest BCUT2D eigenvalue weighted by molar-refractivity contribution is 0.104. The van der Waals surface area contributed by atoms with Crippen LogP contribution in [0, 0.1) is 0 Å². The van der Waals surface area contributed by atoms with Gasteiger partial charge in [0.05, 0.1) is 12.7 Å². The SMILES string of the molecule is COC1CCN(CC(CO)NC(C)C)C1. The maximum Gasteiger partial charge on any atom is 0.0710 e. The van der Waals surface area contributed by atoms with E-state index in [1.807, 2.05) is 0 Å². The second-order valence-electron chi connectivity index (χ2n) is 4.61. The van der Waals surface area contributed by atoms with Crippen molar-refractivity contribution in [3.8, 4) is 0 Å². The molecule has 0 aromatic heterocycles. The smallest absolute Gasteiger partial charge is 0.0710 e. The molecule has 1 aliphatic rings. The Morgan fingerprint density at radius 2 is 2.27 bits per heavy atom. The topological polar surface area (TPSA) is 44.7 Å². The molecule has 2 atom stereocenters. The first-order chi connectivity index (χ1) is 7.15. The first kappa shape index (κ1) is 12.9. The highest BCUT2D eigenvalue weighted by Crippen LogP contribution is 2.11. The largest absolute Gasteiger partial charge is 0.395 e. The lowest BCUT2D eigenvalue weighted by atomic mass is 10.2. The second kappa shape index (κ2) is 6.43. The number of ether oxygens (including phenoxy) is 1. The van der Waals surface area contributed by atoms with Gasteiger partial charge in [-0.25, -0.2) is 0 Å². The fourth-order valence-electron chi connectivity index (χ4n) is 2.10. The van der Waals surface area contributed by atoms with Gasteiger partial charge >= 0.3 is 0 Å². The molecular formula is C11H24N2O2. The van der Waals surface area contributed by atoms with Crippen molar-refractivity contribution in [2.45, 2.75) is 38.5 Å². The molecule has 4 heteroatoms. The number of aliphatic hydroxyl groups excluding tert-OH is 1. The zero-order chi connectivity index (χ0) is 11.3. The van der Waals surface area contributed by atoms with Crippen LogP contribution in [0.4, 0.5) is 0 Å². The van der Waals surface area contributed by atoms with E-state index in [0.29, 0.717) is 12.1 Å². The standard InChI is InChI=1S/C11H24N2O2/c1-9(2)12-10(8-14)6-13-5-4-11(7-13)15-3/h9-12,14H,4-8H2,1-3H3. The highest BCUT2D eigenvalue weighted by molar-refractivity contribution is 4.80. The summed E-state index contributed by atoms with van der Waals surface area (Å²) in [4.78, 5) is 2.35. The predicted octanol–water partition coefficient (Wildman–Crippen LogP) is 0.0660. The van der Waals surface area contributed by atoms with E-state index >= 15 is 0 Å². The normalized spacial score (nSPS) is 25.0. The van der Waals surface area contributed by atoms with Crippen LogP contribution in [0.3, 0.4) is 0 Å². The Morgan fingerprint density at radius 1 is 1.53 bits per heavy atom. The number of aliphatic hydroxyl groups is 1. The number of hydrogen-bond acceptors (Lipinski definition) is 4. The molecule has 4 nitrogen and oxygen atoms in total. The summed E-state index contributed by atoms with van der Waals surface area (Å²) in [5.74, 6) is 0. The minimum absolute atomic E-state index is 0.181. The van der Waals surface area contributed by atoms with Crippen LogP contribution in [0.5, 0.6) is 0 Å². The molecule has 0 aliphatic carbocycles. The molecule has 0 bridgehead atoms. The van der Waals surface area contributed by atoms with E-state index in [2.05, 4.69) is 24.1 Å². The van der Waals surface area contributed by atoms with Crippen molar-refractivity contribution in [2.24, 2.45) is 0 Å². The average Bonchev–Trinajstić information content (AvgIpc) is 2.64. The van der Waals surface area contributed by atoms with Gasteiger partial charge in [-0.05, 0) is 6.42 Å². The Labute approximate surface area is 92.6 Å². The maximum absolute atomic E-state index is 9.24. The molecule has 1 saturated heterocycles. The Bertz CT molecular complexity index is 176. The summed E-state index contributed by atoms with van der Waals surface area (Å²) < 4.78 is 5.31. The van der Waals surface area contributed by atoms with Gasteiger partial charge in [-0.2, -0.15) is 0 Å². The molecule has 90 valence electrons. The summed E-state index contributed by atoms with van der Waals surface area (Å²) >= 11 is 0. The molecule has 1 rings (SSSR count). The van der Waals surface area contributed by atoms with Crippen molar-refractivity contribution in [1.29, 1.82) is 0 Å². The van der Waals surface area contributed by atoms with Gasteiger partial charge < -0.3 is 15.2 Å². The molecule has 0 saturated carbocycles. The van der Waals surface area contributed by atoms with E-state index in [1.165, 1.54) is 0 Å². The quantitative estimate of drug-likeness (QED) is 0.659. The number of methoxy groups -OCH3 is 1. The first-order valence-electron chi connectivity index (χ1n) is 5.77. The fourth-order valence-corrected chi connectivity index (χ4v) is 2.10. The van der Waals surface area contributed by atoms with E-state index in [0.717, 1.165) is 26.1 Å². The lowest BCUT2D eigenvalue weighted by Gasteiger charge is -2.24. The average molecular weight is 216 g/mol. The molecule has 1 heterocycles. The minimum atomic E-state index is 0.181. The van der Waals surface area contributed by atoms with E-state index in [9.17, 15) is 5.11 Å². The Balaban J connectivity index is 2.27. The van der Waals surface area contributed by atoms with Crippen molar-refractivity contribution >= 4 is 0 Å². The Hall–Kier alpha value is -0.160. The molecule has 2 unspecified atom stereocenters. The molecule has 1 fully saturated rings. The second-order valence-corrected chi connectivity index (χ2v) is 4.61. The van der Waals surface area contributed by atoms with Crippen LogP contribution in [0.2, 0.25) is 0 Å². The van der Waals surface area contributed by atoms with E-state index in [4.69, 9.17) is 4.74 Å². The van der Waals surface area contributed by atoms with Gasteiger partial charge in [-0.1, -0.05) is 13.8 Å². The van der Waals surface area contributed by atoms with E-state index in [-0.39, 0.29) is 12.6 Å². The van der Waals surface area contributed by atoms with Crippen molar-refractivity contribution in [3.05, 3.63) is 0 Å². The van der Waals surface area contributed by atoms with Crippen molar-refractivity contribution in [2.75, 3.05) is 33.4 Å². The van der Waals surface area contributed by atoms with E-state index in [1.54, 1.807) is 7.11 Å². The van der Waals surface area contributed by atoms with Gasteiger partial charge in [0.15, 0.2) is 0 Å². The summed E-state index contributed by atoms with van der Waals surface area (Å²) in [5.41, 5.74) is 0. The minimum Gasteiger partial charge on any atom is -0.395 e. The predicted molar refractivity (Wildman–Crippen MR) is 61.0 cm³/mol. The summed E-state index contributed by atoms with van der Waals surface area (Å²) in [6.45, 7) is 7.39. The van der Waals surface area contributed by atoms with Gasteiger partial charge in [-0.3, -0.25) is 4.90 Å². The third kappa shape index (κ3) is 4.47. The van der Waals surface area contributed by atoms with Gasteiger partial charge in [0, 0.05) is 38.8 Å². The summed E-state index contributed by atoms with van der Waals surface area (Å²) in [5, 5.41) is 12.6. The first-order valence-corrected chi connectivity index (χ1v) is 5.77. The molecule has 2 N–H and O–H groups in total. The molecule has 15 heavy (non-hydrogen) atoms. The number of likely N-dealkylation sites (tertiary alicyclic amines) is 1. The summed E-state index contributed by atoms with van der Waals surface area (Å²) in [6, 6.07) is 0.601. The van der Waals surface area contributed by atoms with Crippen LogP contribution in [-0.2, 0) is 4.74 Å². The van der Waals surface area contributed by atoms with Crippen molar-refractivity contribution < 1.29 is 9.84 Å². The summed E-state index contributed by atoms with van der Waals surface area (Å²) in [6.07, 6.45) is 1.49. The van der Waals surface area contributed by atoms with Crippen LogP contribution in [0.1, 0.15) is 20.3 Å². The Kier molecular flexibility index (Phi) is 5.53. The number of rotatable bonds is 6. The molecule has 0 aromatic rings. The molecule has 0 aromatic carbocycles. The third-order valence-electron chi connectivity index (χ3n) is 2.83. The number of nitrogens with one attached hydrogen (secondary N) is 1. The van der Waals surface area contributed by atoms with Crippen LogP contribution >= 0.6 is 0 Å². The van der Waals surface area contributed by atoms with Crippen LogP contribution in [-0.4, -0.2) is 61.5 Å². The number of hydrogen-bond donors (Lipinski definition) is 2. The van der Waals surface area contributed by atoms with E-state index < -0.39 is 0 Å². The zero-order valence-electron chi connectivity index (χ0n) is 10.1. The zero-order valence-corrected chi connectivity index (χ0v) is 10.1. The fraction of sp³-hybridized carbons (Fsp3) is 1.00. The van der Waals surface area contributed by atoms with Crippen molar-refractivity contribution in [1.82, 2.24) is 10.2 Å². The summed E-state index contributed by atoms with van der Waals surface area (Å²) in [7, 11) is 1.77. The maximum atomic E-state index is 9.24. The van der Waals surface area contributed by atoms with Crippen LogP contribution < -0.4 is 5.32 Å². The third-order valence-corrected chi connectivity index (χ3v) is 2.83. The van der Waals surface area contributed by atoms with Gasteiger partial charge in [0.2, 0.25) is 0 Å². The van der Waals surface area contributed by atoms with Crippen LogP contribution in [0.25, 0.3) is 0 Å². The lowest BCUT2D eigenvalue weighted by Crippen LogP contribution is -2.45.